The molecule has 2 aliphatic heterocycles. The van der Waals surface area contributed by atoms with Gasteiger partial charge < -0.3 is 14.7 Å². The fraction of sp³-hybridized carbons (Fsp3) is 0.422. The Hall–Kier alpha value is -6.78. The van der Waals surface area contributed by atoms with Crippen molar-refractivity contribution in [2.75, 3.05) is 14.7 Å². The molecule has 0 N–H and O–H groups in total. The Morgan fingerprint density at radius 1 is 0.345 bits per heavy atom. The zero-order valence-corrected chi connectivity index (χ0v) is 57.1. The third-order valence-electron chi connectivity index (χ3n) is 22.0. The summed E-state index contributed by atoms with van der Waals surface area (Å²) < 4.78 is 0. The van der Waals surface area contributed by atoms with Gasteiger partial charge in [0, 0.05) is 50.9 Å². The van der Waals surface area contributed by atoms with E-state index in [4.69, 9.17) is 0 Å². The van der Waals surface area contributed by atoms with Gasteiger partial charge in [-0.1, -0.05) is 225 Å². The SMILES string of the molecule is CC(C)(C)c1ccc(N(c2ccc(C(C)(C)C)cc2)c2ccc3c(c2)N(c2cccc4c2C(C)(C)c2cc(C(C)(C)C)ccc2-4)c2cc(C(C)(C)C)cc4c2B3c2cc3c(cc2N4c2ccc4c(c2)C(C)(C)CCC4(C)C)C(C)(C)CCC3(C)C)cc1. The maximum atomic E-state index is 2.76. The largest absolute Gasteiger partial charge is 0.311 e. The number of anilines is 9. The van der Waals surface area contributed by atoms with Crippen molar-refractivity contribution in [3.8, 4) is 11.1 Å². The molecule has 0 saturated heterocycles. The summed E-state index contributed by atoms with van der Waals surface area (Å²) in [5.74, 6) is 0. The standard InChI is InChI=1S/C83H98BN3/c1-75(2,3)51-26-31-55(32-27-51)85(56-33-28-52(29-34-56)76(4,5)6)58-36-39-66-69(48-58)87(68-25-23-24-60-59-37-30-53(77(7,8)9)44-62(59)83(21,22)73(60)68)72-46-54(78(10,11)12)45-71-74(72)84(66)67-49-64-65(82(19,20)43-42-81(64,17)18)50-70(67)86(71)57-35-38-61-63(47-57)80(15,16)41-40-79(61,13)14/h23-39,44-50H,40-43H2,1-22H3. The first-order valence-corrected chi connectivity index (χ1v) is 33.0. The van der Waals surface area contributed by atoms with E-state index < -0.39 is 0 Å². The predicted octanol–water partition coefficient (Wildman–Crippen LogP) is 21.4. The van der Waals surface area contributed by atoms with E-state index >= 15 is 0 Å². The van der Waals surface area contributed by atoms with Crippen LogP contribution in [0.15, 0.2) is 146 Å². The van der Waals surface area contributed by atoms with Gasteiger partial charge in [-0.05, 0) is 225 Å². The molecule has 3 nitrogen and oxygen atoms in total. The zero-order chi connectivity index (χ0) is 62.5. The second-order valence-electron chi connectivity index (χ2n) is 34.5. The lowest BCUT2D eigenvalue weighted by atomic mass is 9.33. The van der Waals surface area contributed by atoms with Crippen molar-refractivity contribution in [1.82, 2.24) is 0 Å². The summed E-state index contributed by atoms with van der Waals surface area (Å²) >= 11 is 0. The molecule has 0 saturated carbocycles. The quantitative estimate of drug-likeness (QED) is 0.159. The van der Waals surface area contributed by atoms with E-state index in [2.05, 4.69) is 313 Å². The Labute approximate surface area is 525 Å². The monoisotopic (exact) mass is 1150 g/mol. The Kier molecular flexibility index (Phi) is 13.0. The highest BCUT2D eigenvalue weighted by atomic mass is 15.2. The van der Waals surface area contributed by atoms with E-state index in [1.807, 2.05) is 0 Å². The maximum Gasteiger partial charge on any atom is 0.252 e. The van der Waals surface area contributed by atoms with Crippen LogP contribution in [0, 0.1) is 0 Å². The Morgan fingerprint density at radius 2 is 0.816 bits per heavy atom. The summed E-state index contributed by atoms with van der Waals surface area (Å²) in [6.07, 6.45) is 4.65. The van der Waals surface area contributed by atoms with Gasteiger partial charge in [-0.2, -0.15) is 0 Å². The van der Waals surface area contributed by atoms with Crippen molar-refractivity contribution in [3.05, 3.63) is 201 Å². The van der Waals surface area contributed by atoms with Gasteiger partial charge in [-0.3, -0.25) is 0 Å². The average Bonchev–Trinajstić information content (AvgIpc) is 1.30. The molecule has 8 aromatic rings. The van der Waals surface area contributed by atoms with Crippen LogP contribution in [-0.4, -0.2) is 6.71 Å². The van der Waals surface area contributed by atoms with Gasteiger partial charge in [0.1, 0.15) is 0 Å². The highest BCUT2D eigenvalue weighted by molar-refractivity contribution is 7.00. The molecule has 4 heteroatoms. The van der Waals surface area contributed by atoms with Crippen LogP contribution < -0.4 is 31.1 Å². The van der Waals surface area contributed by atoms with Crippen molar-refractivity contribution in [1.29, 1.82) is 0 Å². The van der Waals surface area contributed by atoms with Crippen LogP contribution in [0.4, 0.5) is 51.2 Å². The first-order chi connectivity index (χ1) is 40.4. The number of hydrogen-bond acceptors (Lipinski definition) is 3. The van der Waals surface area contributed by atoms with Crippen LogP contribution in [-0.2, 0) is 48.7 Å². The minimum Gasteiger partial charge on any atom is -0.311 e. The lowest BCUT2D eigenvalue weighted by Crippen LogP contribution is -2.62. The second-order valence-corrected chi connectivity index (χ2v) is 34.5. The molecular formula is C83H98BN3. The van der Waals surface area contributed by atoms with E-state index in [1.165, 1.54) is 124 Å². The van der Waals surface area contributed by atoms with Gasteiger partial charge in [0.25, 0.3) is 6.71 Å². The molecule has 0 unspecified atom stereocenters. The molecule has 3 aliphatic carbocycles. The number of hydrogen-bond donors (Lipinski definition) is 0. The number of nitrogens with zero attached hydrogens (tertiary/aromatic N) is 3. The number of fused-ring (bicyclic) bond motifs is 9. The van der Waals surface area contributed by atoms with E-state index in [1.54, 1.807) is 0 Å². The molecule has 5 aliphatic rings. The fourth-order valence-electron chi connectivity index (χ4n) is 16.0. The molecule has 0 radical (unpaired) electrons. The second kappa shape index (κ2) is 19.1. The summed E-state index contributed by atoms with van der Waals surface area (Å²) in [6, 6.07) is 59.2. The first-order valence-electron chi connectivity index (χ1n) is 33.0. The minimum absolute atomic E-state index is 0.00232. The van der Waals surface area contributed by atoms with Crippen molar-refractivity contribution in [2.24, 2.45) is 0 Å². The summed E-state index contributed by atoms with van der Waals surface area (Å²) in [5, 5.41) is 0. The molecule has 87 heavy (non-hydrogen) atoms. The van der Waals surface area contributed by atoms with Crippen LogP contribution in [0.25, 0.3) is 11.1 Å². The third-order valence-corrected chi connectivity index (χ3v) is 22.0. The lowest BCUT2D eigenvalue weighted by Gasteiger charge is -2.48. The van der Waals surface area contributed by atoms with Gasteiger partial charge in [0.05, 0.1) is 5.69 Å². The van der Waals surface area contributed by atoms with Gasteiger partial charge in [-0.15, -0.1) is 0 Å². The van der Waals surface area contributed by atoms with Crippen LogP contribution in [0.3, 0.4) is 0 Å². The fourth-order valence-corrected chi connectivity index (χ4v) is 16.0. The molecule has 0 bridgehead atoms. The Morgan fingerprint density at radius 3 is 1.36 bits per heavy atom. The molecule has 0 aromatic heterocycles. The van der Waals surface area contributed by atoms with E-state index in [9.17, 15) is 0 Å². The smallest absolute Gasteiger partial charge is 0.252 e. The molecule has 0 atom stereocenters. The van der Waals surface area contributed by atoms with Gasteiger partial charge in [0.2, 0.25) is 0 Å². The van der Waals surface area contributed by atoms with Crippen LogP contribution in [0.2, 0.25) is 0 Å². The van der Waals surface area contributed by atoms with Crippen molar-refractivity contribution >= 4 is 74.3 Å². The van der Waals surface area contributed by atoms with Crippen molar-refractivity contribution in [3.63, 3.8) is 0 Å². The predicted molar refractivity (Wildman–Crippen MR) is 378 cm³/mol. The van der Waals surface area contributed by atoms with E-state index in [-0.39, 0.29) is 55.4 Å². The molecule has 2 heterocycles. The van der Waals surface area contributed by atoms with E-state index in [0.717, 1.165) is 36.3 Å². The Bertz CT molecular complexity index is 4060. The normalized spacial score (nSPS) is 18.2. The highest BCUT2D eigenvalue weighted by Gasteiger charge is 2.50. The van der Waals surface area contributed by atoms with Gasteiger partial charge in [0.15, 0.2) is 0 Å². The zero-order valence-electron chi connectivity index (χ0n) is 57.1. The minimum atomic E-state index is -0.311. The van der Waals surface area contributed by atoms with Gasteiger partial charge in [-0.25, -0.2) is 0 Å². The molecule has 8 aromatic carbocycles. The number of rotatable bonds is 5. The summed E-state index contributed by atoms with van der Waals surface area (Å²) in [5.41, 5.74) is 31.6. The molecule has 0 spiro atoms. The van der Waals surface area contributed by atoms with E-state index in [0.29, 0.717) is 0 Å². The maximum absolute atomic E-state index is 2.76. The molecule has 13 rings (SSSR count). The summed E-state index contributed by atoms with van der Waals surface area (Å²) in [4.78, 5) is 8.03. The summed E-state index contributed by atoms with van der Waals surface area (Å²) in [6.45, 7) is 53.1. The van der Waals surface area contributed by atoms with Crippen molar-refractivity contribution in [2.45, 2.75) is 227 Å². The number of benzene rings is 8. The van der Waals surface area contributed by atoms with Crippen LogP contribution in [0.1, 0.15) is 234 Å². The van der Waals surface area contributed by atoms with Crippen LogP contribution >= 0.6 is 0 Å². The lowest BCUT2D eigenvalue weighted by molar-refractivity contribution is 0.332. The van der Waals surface area contributed by atoms with Gasteiger partial charge >= 0.3 is 0 Å². The topological polar surface area (TPSA) is 9.72 Å². The third kappa shape index (κ3) is 9.40. The highest BCUT2D eigenvalue weighted by Crippen LogP contribution is 2.58. The molecule has 0 amide bonds. The Balaban J connectivity index is 1.16. The molecule has 448 valence electrons. The molecule has 0 fully saturated rings. The van der Waals surface area contributed by atoms with Crippen molar-refractivity contribution < 1.29 is 0 Å². The summed E-state index contributed by atoms with van der Waals surface area (Å²) in [7, 11) is 0. The average molecular weight is 1150 g/mol. The van der Waals surface area contributed by atoms with Crippen LogP contribution in [0.5, 0.6) is 0 Å². The molecular weight excluding hydrogens is 1050 g/mol. The first kappa shape index (κ1) is 59.2.